The Balaban J connectivity index is 1.67. The molecule has 3 aromatic rings. The van der Waals surface area contributed by atoms with Crippen molar-refractivity contribution in [1.82, 2.24) is 19.9 Å². The van der Waals surface area contributed by atoms with Crippen LogP contribution in [0.2, 0.25) is 0 Å². The number of aryl methyl sites for hydroxylation is 1. The lowest BCUT2D eigenvalue weighted by atomic mass is 10.1. The number of aromatic nitrogens is 3. The maximum Gasteiger partial charge on any atom is 0.213 e. The number of nitrogens with one attached hydrogen (secondary N) is 1. The lowest BCUT2D eigenvalue weighted by molar-refractivity contribution is 0.403. The molecule has 2 aromatic heterocycles. The molecular formula is C19H22N4O3S2. The SMILES string of the molecule is CNC1(c2nn3c(-c4ccc(OC)c(S(=O)(=O)C5CC5)c4)c(C)nc3s2)CC1. The van der Waals surface area contributed by atoms with E-state index >= 15 is 0 Å². The molecule has 0 bridgehead atoms. The van der Waals surface area contributed by atoms with Crippen molar-refractivity contribution in [2.75, 3.05) is 14.2 Å². The number of hydrogen-bond acceptors (Lipinski definition) is 7. The summed E-state index contributed by atoms with van der Waals surface area (Å²) < 4.78 is 33.0. The number of rotatable bonds is 6. The van der Waals surface area contributed by atoms with Crippen LogP contribution in [0.3, 0.4) is 0 Å². The van der Waals surface area contributed by atoms with E-state index in [1.807, 2.05) is 24.6 Å². The Morgan fingerprint density at radius 1 is 1.32 bits per heavy atom. The summed E-state index contributed by atoms with van der Waals surface area (Å²) in [7, 11) is 0.0802. The third-order valence-electron chi connectivity index (χ3n) is 5.72. The molecule has 0 atom stereocenters. The smallest absolute Gasteiger partial charge is 0.213 e. The van der Waals surface area contributed by atoms with Gasteiger partial charge in [0, 0.05) is 5.56 Å². The van der Waals surface area contributed by atoms with Gasteiger partial charge in [-0.1, -0.05) is 11.3 Å². The molecule has 7 nitrogen and oxygen atoms in total. The Kier molecular flexibility index (Phi) is 3.88. The van der Waals surface area contributed by atoms with Gasteiger partial charge < -0.3 is 10.1 Å². The minimum Gasteiger partial charge on any atom is -0.495 e. The third kappa shape index (κ3) is 2.60. The Bertz CT molecular complexity index is 1190. The molecular weight excluding hydrogens is 396 g/mol. The molecule has 9 heteroatoms. The average Bonchev–Trinajstić information content (AvgIpc) is 3.59. The number of hydrogen-bond donors (Lipinski definition) is 1. The fourth-order valence-electron chi connectivity index (χ4n) is 3.67. The molecule has 5 rings (SSSR count). The molecule has 0 saturated heterocycles. The topological polar surface area (TPSA) is 85.6 Å². The Hall–Kier alpha value is -1.97. The second kappa shape index (κ2) is 6.01. The maximum absolute atomic E-state index is 12.9. The van der Waals surface area contributed by atoms with Gasteiger partial charge in [-0.25, -0.2) is 17.9 Å². The van der Waals surface area contributed by atoms with Crippen LogP contribution in [0.25, 0.3) is 16.2 Å². The first-order chi connectivity index (χ1) is 13.4. The predicted octanol–water partition coefficient (Wildman–Crippen LogP) is 2.92. The zero-order chi connectivity index (χ0) is 19.7. The van der Waals surface area contributed by atoms with Crippen LogP contribution in [0.5, 0.6) is 5.75 Å². The summed E-state index contributed by atoms with van der Waals surface area (Å²) in [6, 6.07) is 5.32. The van der Waals surface area contributed by atoms with Crippen LogP contribution in [-0.4, -0.2) is 42.4 Å². The number of benzene rings is 1. The molecule has 1 N–H and O–H groups in total. The Labute approximate surface area is 167 Å². The quantitative estimate of drug-likeness (QED) is 0.662. The van der Waals surface area contributed by atoms with Crippen LogP contribution in [0.1, 0.15) is 36.4 Å². The van der Waals surface area contributed by atoms with Gasteiger partial charge in [0.2, 0.25) is 4.96 Å². The first-order valence-corrected chi connectivity index (χ1v) is 11.7. The van der Waals surface area contributed by atoms with Gasteiger partial charge in [-0.05, 0) is 57.9 Å². The van der Waals surface area contributed by atoms with Crippen molar-refractivity contribution in [3.8, 4) is 17.0 Å². The van der Waals surface area contributed by atoms with E-state index in [9.17, 15) is 8.42 Å². The highest BCUT2D eigenvalue weighted by atomic mass is 32.2. The largest absolute Gasteiger partial charge is 0.495 e. The minimum absolute atomic E-state index is 0.0308. The van der Waals surface area contributed by atoms with E-state index in [4.69, 9.17) is 9.84 Å². The van der Waals surface area contributed by atoms with Crippen molar-refractivity contribution in [2.45, 2.75) is 48.3 Å². The zero-order valence-electron chi connectivity index (χ0n) is 16.0. The van der Waals surface area contributed by atoms with Crippen molar-refractivity contribution in [3.05, 3.63) is 28.9 Å². The summed E-state index contributed by atoms with van der Waals surface area (Å²) in [5, 5.41) is 8.93. The highest BCUT2D eigenvalue weighted by molar-refractivity contribution is 7.92. The molecule has 28 heavy (non-hydrogen) atoms. The van der Waals surface area contributed by atoms with Gasteiger partial charge in [-0.3, -0.25) is 0 Å². The van der Waals surface area contributed by atoms with Crippen LogP contribution in [0.4, 0.5) is 0 Å². The van der Waals surface area contributed by atoms with Crippen LogP contribution in [0.15, 0.2) is 23.1 Å². The molecule has 0 radical (unpaired) electrons. The predicted molar refractivity (Wildman–Crippen MR) is 108 cm³/mol. The second-order valence-corrected chi connectivity index (χ2v) is 10.7. The fourth-order valence-corrected chi connectivity index (χ4v) is 6.71. The molecule has 2 fully saturated rings. The van der Waals surface area contributed by atoms with Gasteiger partial charge in [0.05, 0.1) is 29.3 Å². The lowest BCUT2D eigenvalue weighted by Gasteiger charge is -2.11. The standard InChI is InChI=1S/C19H22N4O3S2/c1-11-16(23-18(21-11)27-17(22-23)19(20-2)8-9-19)12-4-7-14(26-3)15(10-12)28(24,25)13-5-6-13/h4,7,10,13,20H,5-6,8-9H2,1-3H3. The highest BCUT2D eigenvalue weighted by Gasteiger charge is 2.46. The number of nitrogens with zero attached hydrogens (tertiary/aromatic N) is 3. The Morgan fingerprint density at radius 3 is 2.68 bits per heavy atom. The van der Waals surface area contributed by atoms with Crippen molar-refractivity contribution < 1.29 is 13.2 Å². The van der Waals surface area contributed by atoms with E-state index in [-0.39, 0.29) is 15.7 Å². The summed E-state index contributed by atoms with van der Waals surface area (Å²) in [6.07, 6.45) is 3.57. The Morgan fingerprint density at radius 2 is 2.07 bits per heavy atom. The number of imidazole rings is 1. The van der Waals surface area contributed by atoms with E-state index < -0.39 is 9.84 Å². The number of methoxy groups -OCH3 is 1. The van der Waals surface area contributed by atoms with Gasteiger partial charge in [-0.2, -0.15) is 5.10 Å². The van der Waals surface area contributed by atoms with Crippen LogP contribution in [-0.2, 0) is 15.4 Å². The number of ether oxygens (including phenoxy) is 1. The molecule has 2 aliphatic carbocycles. The van der Waals surface area contributed by atoms with E-state index in [2.05, 4.69) is 10.3 Å². The summed E-state index contributed by atoms with van der Waals surface area (Å²) in [5.41, 5.74) is 2.42. The molecule has 0 unspecified atom stereocenters. The fraction of sp³-hybridized carbons (Fsp3) is 0.474. The van der Waals surface area contributed by atoms with E-state index in [1.54, 1.807) is 23.5 Å². The number of fused-ring (bicyclic) bond motifs is 1. The molecule has 148 valence electrons. The van der Waals surface area contributed by atoms with Gasteiger partial charge in [0.25, 0.3) is 0 Å². The average molecular weight is 419 g/mol. The maximum atomic E-state index is 12.9. The van der Waals surface area contributed by atoms with Gasteiger partial charge in [0.15, 0.2) is 9.84 Å². The first-order valence-electron chi connectivity index (χ1n) is 9.37. The van der Waals surface area contributed by atoms with Crippen LogP contribution in [0, 0.1) is 6.92 Å². The summed E-state index contributed by atoms with van der Waals surface area (Å²) in [4.78, 5) is 5.76. The molecule has 0 aliphatic heterocycles. The van der Waals surface area contributed by atoms with Crippen molar-refractivity contribution in [3.63, 3.8) is 0 Å². The van der Waals surface area contributed by atoms with Crippen molar-refractivity contribution in [2.24, 2.45) is 0 Å². The summed E-state index contributed by atoms with van der Waals surface area (Å²) in [6.45, 7) is 1.93. The van der Waals surface area contributed by atoms with Crippen LogP contribution >= 0.6 is 11.3 Å². The molecule has 2 heterocycles. The van der Waals surface area contributed by atoms with Gasteiger partial charge >= 0.3 is 0 Å². The number of sulfone groups is 1. The highest BCUT2D eigenvalue weighted by Crippen LogP contribution is 2.47. The van der Waals surface area contributed by atoms with Gasteiger partial charge in [0.1, 0.15) is 15.7 Å². The normalized spacial score (nSPS) is 18.5. The molecule has 2 aliphatic rings. The second-order valence-electron chi connectivity index (χ2n) is 7.59. The molecule has 1 aromatic carbocycles. The van der Waals surface area contributed by atoms with E-state index in [0.29, 0.717) is 18.6 Å². The van der Waals surface area contributed by atoms with E-state index in [1.165, 1.54) is 7.11 Å². The molecule has 0 spiro atoms. The zero-order valence-corrected chi connectivity index (χ0v) is 17.7. The lowest BCUT2D eigenvalue weighted by Crippen LogP contribution is -2.24. The molecule has 0 amide bonds. The monoisotopic (exact) mass is 418 g/mol. The summed E-state index contributed by atoms with van der Waals surface area (Å²) >= 11 is 1.59. The van der Waals surface area contributed by atoms with E-state index in [0.717, 1.165) is 39.8 Å². The third-order valence-corrected chi connectivity index (χ3v) is 9.12. The van der Waals surface area contributed by atoms with Crippen molar-refractivity contribution >= 4 is 26.1 Å². The summed E-state index contributed by atoms with van der Waals surface area (Å²) in [5.74, 6) is 0.389. The van der Waals surface area contributed by atoms with Gasteiger partial charge in [-0.15, -0.1) is 0 Å². The first kappa shape index (κ1) is 18.1. The van der Waals surface area contributed by atoms with Crippen LogP contribution < -0.4 is 10.1 Å². The minimum atomic E-state index is -3.38. The van der Waals surface area contributed by atoms with Crippen molar-refractivity contribution in [1.29, 1.82) is 0 Å². The molecule has 2 saturated carbocycles.